The van der Waals surface area contributed by atoms with Gasteiger partial charge in [-0.3, -0.25) is 10.1 Å². The van der Waals surface area contributed by atoms with Gasteiger partial charge in [0.05, 0.1) is 29.2 Å². The zero-order chi connectivity index (χ0) is 32.7. The van der Waals surface area contributed by atoms with Crippen LogP contribution in [0.1, 0.15) is 27.1 Å². The molecule has 1 unspecified atom stereocenters. The van der Waals surface area contributed by atoms with Crippen LogP contribution in [-0.2, 0) is 14.6 Å². The number of halogens is 4. The van der Waals surface area contributed by atoms with E-state index >= 15 is 4.39 Å². The summed E-state index contributed by atoms with van der Waals surface area (Å²) < 4.78 is 88.3. The number of carboxylic acid groups (broad SMARTS) is 1. The third-order valence-corrected chi connectivity index (χ3v) is 9.06. The van der Waals surface area contributed by atoms with Crippen LogP contribution < -0.4 is 15.4 Å². The summed E-state index contributed by atoms with van der Waals surface area (Å²) in [4.78, 5) is 36.6. The highest BCUT2D eigenvalue weighted by Crippen LogP contribution is 2.42. The molecule has 3 aromatic rings. The predicted octanol–water partition coefficient (Wildman–Crippen LogP) is 5.41. The van der Waals surface area contributed by atoms with Gasteiger partial charge < -0.3 is 19.9 Å². The van der Waals surface area contributed by atoms with Crippen LogP contribution in [0.3, 0.4) is 0 Å². The van der Waals surface area contributed by atoms with Crippen LogP contribution in [0.2, 0.25) is 0 Å². The molecule has 236 valence electrons. The van der Waals surface area contributed by atoms with E-state index in [-0.39, 0.29) is 45.5 Å². The molecular weight excluding hydrogens is 624 g/mol. The summed E-state index contributed by atoms with van der Waals surface area (Å²) in [6.07, 6.45) is 2.14. The van der Waals surface area contributed by atoms with Crippen molar-refractivity contribution in [3.63, 3.8) is 0 Å². The fourth-order valence-electron chi connectivity index (χ4n) is 5.44. The lowest BCUT2D eigenvalue weighted by molar-refractivity contribution is -0.0436. The molecule has 3 N–H and O–H groups in total. The van der Waals surface area contributed by atoms with Crippen molar-refractivity contribution in [2.75, 3.05) is 12.4 Å². The topological polar surface area (TPSA) is 148 Å². The summed E-state index contributed by atoms with van der Waals surface area (Å²) >= 11 is 0. The molecule has 0 heterocycles. The Bertz CT molecular complexity index is 1830. The number of ether oxygens (including phenoxy) is 2. The molecular formula is C30H24F4N2O8S. The number of amides is 2. The number of aromatic carboxylic acids is 1. The molecule has 2 aliphatic carbocycles. The van der Waals surface area contributed by atoms with Gasteiger partial charge in [0.2, 0.25) is 0 Å². The molecule has 0 saturated heterocycles. The second kappa shape index (κ2) is 11.9. The summed E-state index contributed by atoms with van der Waals surface area (Å²) in [5.74, 6) is -3.36. The SMILES string of the molecule is COc1cc(F)c(-c2cccc(C(=O)O)c2)cc1C(=O)N[C@H]1C(OC(=O)Nc2cccc(S(=O)(=O)C(F)(F)F)c2)[C@@H]2C=C[C@H]1C2. The highest BCUT2D eigenvalue weighted by Gasteiger charge is 2.48. The summed E-state index contributed by atoms with van der Waals surface area (Å²) in [5, 5.41) is 14.3. The van der Waals surface area contributed by atoms with Crippen LogP contribution >= 0.6 is 0 Å². The minimum Gasteiger partial charge on any atom is -0.496 e. The van der Waals surface area contributed by atoms with E-state index in [1.807, 2.05) is 6.08 Å². The van der Waals surface area contributed by atoms with Crippen LogP contribution in [0, 0.1) is 17.7 Å². The summed E-state index contributed by atoms with van der Waals surface area (Å²) in [6, 6.07) is 10.6. The van der Waals surface area contributed by atoms with Gasteiger partial charge in [-0.05, 0) is 48.4 Å². The fourth-order valence-corrected chi connectivity index (χ4v) is 6.25. The minimum atomic E-state index is -5.66. The van der Waals surface area contributed by atoms with Crippen molar-refractivity contribution >= 4 is 33.5 Å². The monoisotopic (exact) mass is 648 g/mol. The summed E-state index contributed by atoms with van der Waals surface area (Å²) in [5.41, 5.74) is -5.82. The van der Waals surface area contributed by atoms with Crippen LogP contribution in [0.25, 0.3) is 11.1 Å². The Kier molecular flexibility index (Phi) is 8.31. The molecule has 2 bridgehead atoms. The van der Waals surface area contributed by atoms with Crippen molar-refractivity contribution in [1.82, 2.24) is 5.32 Å². The van der Waals surface area contributed by atoms with Crippen molar-refractivity contribution in [1.29, 1.82) is 0 Å². The highest BCUT2D eigenvalue weighted by molar-refractivity contribution is 7.92. The Hall–Kier alpha value is -4.92. The maximum atomic E-state index is 15.0. The Morgan fingerprint density at radius 3 is 2.38 bits per heavy atom. The molecule has 2 amide bonds. The first-order valence-corrected chi connectivity index (χ1v) is 14.8. The molecule has 2 aliphatic rings. The van der Waals surface area contributed by atoms with E-state index in [9.17, 15) is 41.1 Å². The zero-order valence-corrected chi connectivity index (χ0v) is 24.0. The lowest BCUT2D eigenvalue weighted by Gasteiger charge is -2.29. The van der Waals surface area contributed by atoms with Gasteiger partial charge in [-0.25, -0.2) is 22.4 Å². The van der Waals surface area contributed by atoms with Gasteiger partial charge in [-0.15, -0.1) is 0 Å². The van der Waals surface area contributed by atoms with Crippen LogP contribution in [0.15, 0.2) is 77.7 Å². The van der Waals surface area contributed by atoms with Gasteiger partial charge in [-0.2, -0.15) is 13.2 Å². The smallest absolute Gasteiger partial charge is 0.496 e. The van der Waals surface area contributed by atoms with E-state index < -0.39 is 56.2 Å². The average molecular weight is 649 g/mol. The number of alkyl halides is 3. The first kappa shape index (κ1) is 31.5. The maximum absolute atomic E-state index is 15.0. The average Bonchev–Trinajstić information content (AvgIpc) is 3.59. The standard InChI is InChI=1S/C30H24F4N2O8S/c1-43-24-14-23(31)21(15-4-2-5-18(10-15)28(38)39)13-22(24)27(37)36-25-16-8-9-17(11-16)26(25)44-29(40)35-19-6-3-7-20(12-19)45(41,42)30(32,33)34/h2-10,12-14,16-17,25-26H,11H2,1H3,(H,35,40)(H,36,37)(H,38,39)/t16-,17+,25+,26?/m0/s1. The number of rotatable bonds is 8. The number of nitrogens with one attached hydrogen (secondary N) is 2. The van der Waals surface area contributed by atoms with E-state index in [0.29, 0.717) is 12.5 Å². The van der Waals surface area contributed by atoms with Crippen molar-refractivity contribution in [3.8, 4) is 16.9 Å². The number of hydrogen-bond acceptors (Lipinski definition) is 7. The van der Waals surface area contributed by atoms with Gasteiger partial charge in [0.25, 0.3) is 15.7 Å². The zero-order valence-electron chi connectivity index (χ0n) is 23.2. The van der Waals surface area contributed by atoms with Crippen LogP contribution in [0.4, 0.5) is 28.0 Å². The Morgan fingerprint density at radius 2 is 1.69 bits per heavy atom. The van der Waals surface area contributed by atoms with E-state index in [4.69, 9.17) is 9.47 Å². The summed E-state index contributed by atoms with van der Waals surface area (Å²) in [7, 11) is -4.42. The number of fused-ring (bicyclic) bond motifs is 2. The number of carbonyl (C=O) groups is 3. The third-order valence-electron chi connectivity index (χ3n) is 7.58. The van der Waals surface area contributed by atoms with Gasteiger partial charge in [0, 0.05) is 29.2 Å². The lowest BCUT2D eigenvalue weighted by atomic mass is 9.96. The third kappa shape index (κ3) is 6.20. The Labute approximate surface area is 253 Å². The minimum absolute atomic E-state index is 0.0566. The van der Waals surface area contributed by atoms with Crippen molar-refractivity contribution in [3.05, 3.63) is 89.8 Å². The van der Waals surface area contributed by atoms with Gasteiger partial charge >= 0.3 is 17.6 Å². The molecule has 3 aromatic carbocycles. The van der Waals surface area contributed by atoms with Gasteiger partial charge in [-0.1, -0.05) is 30.4 Å². The quantitative estimate of drug-likeness (QED) is 0.217. The Balaban J connectivity index is 1.35. The fraction of sp³-hybridized carbons (Fsp3) is 0.233. The lowest BCUT2D eigenvalue weighted by Crippen LogP contribution is -2.48. The molecule has 4 atom stereocenters. The van der Waals surface area contributed by atoms with Crippen molar-refractivity contribution in [2.24, 2.45) is 11.8 Å². The normalized spacial score (nSPS) is 20.5. The predicted molar refractivity (Wildman–Crippen MR) is 151 cm³/mol. The molecule has 0 aliphatic heterocycles. The highest BCUT2D eigenvalue weighted by atomic mass is 32.2. The molecule has 1 fully saturated rings. The summed E-state index contributed by atoms with van der Waals surface area (Å²) in [6.45, 7) is 0. The number of anilines is 1. The van der Waals surface area contributed by atoms with Gasteiger partial charge in [0.15, 0.2) is 0 Å². The Morgan fingerprint density at radius 1 is 0.978 bits per heavy atom. The van der Waals surface area contributed by atoms with Crippen molar-refractivity contribution in [2.45, 2.75) is 29.0 Å². The van der Waals surface area contributed by atoms with E-state index in [1.165, 1.54) is 43.5 Å². The number of carbonyl (C=O) groups excluding carboxylic acids is 2. The molecule has 45 heavy (non-hydrogen) atoms. The molecule has 1 saturated carbocycles. The molecule has 0 radical (unpaired) electrons. The molecule has 0 aromatic heterocycles. The van der Waals surface area contributed by atoms with Crippen LogP contribution in [0.5, 0.6) is 5.75 Å². The maximum Gasteiger partial charge on any atom is 0.501 e. The second-order valence-corrected chi connectivity index (χ2v) is 12.3. The van der Waals surface area contributed by atoms with E-state index in [2.05, 4.69) is 10.6 Å². The first-order valence-electron chi connectivity index (χ1n) is 13.3. The van der Waals surface area contributed by atoms with Crippen molar-refractivity contribution < 1.29 is 54.9 Å². The van der Waals surface area contributed by atoms with E-state index in [1.54, 1.807) is 6.08 Å². The molecule has 10 nitrogen and oxygen atoms in total. The number of carboxylic acids is 1. The number of methoxy groups -OCH3 is 1. The second-order valence-electron chi connectivity index (χ2n) is 10.3. The first-order chi connectivity index (χ1) is 21.2. The largest absolute Gasteiger partial charge is 0.501 e. The number of hydrogen-bond donors (Lipinski definition) is 3. The van der Waals surface area contributed by atoms with Crippen LogP contribution in [-0.4, -0.2) is 56.3 Å². The molecule has 0 spiro atoms. The molecule has 15 heteroatoms. The number of benzene rings is 3. The molecule has 5 rings (SSSR count). The number of sulfone groups is 1. The van der Waals surface area contributed by atoms with Gasteiger partial charge in [0.1, 0.15) is 17.7 Å². The van der Waals surface area contributed by atoms with E-state index in [0.717, 1.165) is 18.2 Å².